The molecule has 1 aliphatic heterocycles. The molecule has 0 radical (unpaired) electrons. The molecular weight excluding hydrogens is 436 g/mol. The van der Waals surface area contributed by atoms with Crippen LogP contribution in [-0.4, -0.2) is 48.8 Å². The van der Waals surface area contributed by atoms with Gasteiger partial charge in [-0.1, -0.05) is 54.1 Å². The van der Waals surface area contributed by atoms with Gasteiger partial charge in [0, 0.05) is 44.7 Å². The lowest BCUT2D eigenvalue weighted by Gasteiger charge is -2.44. The first-order valence-corrected chi connectivity index (χ1v) is 13.3. The van der Waals surface area contributed by atoms with Crippen molar-refractivity contribution in [1.82, 2.24) is 4.90 Å². The molecule has 5 nitrogen and oxygen atoms in total. The number of amides is 1. The summed E-state index contributed by atoms with van der Waals surface area (Å²) in [5.41, 5.74) is 9.48. The van der Waals surface area contributed by atoms with Crippen molar-refractivity contribution < 1.29 is 14.6 Å². The van der Waals surface area contributed by atoms with Crippen molar-refractivity contribution in [3.05, 3.63) is 59.7 Å². The van der Waals surface area contributed by atoms with Crippen LogP contribution in [0.4, 0.5) is 0 Å². The molecule has 4 atom stereocenters. The summed E-state index contributed by atoms with van der Waals surface area (Å²) in [5, 5.41) is 12.5. The number of nitrogens with zero attached hydrogens (tertiary/aromatic N) is 1. The first-order chi connectivity index (χ1) is 16.9. The summed E-state index contributed by atoms with van der Waals surface area (Å²) in [6, 6.07) is 16.9. The number of aliphatic hydroxyl groups is 1. The van der Waals surface area contributed by atoms with Crippen molar-refractivity contribution >= 4 is 5.91 Å². The predicted molar refractivity (Wildman–Crippen MR) is 141 cm³/mol. The van der Waals surface area contributed by atoms with E-state index in [0.29, 0.717) is 19.6 Å². The molecule has 0 bridgehead atoms. The van der Waals surface area contributed by atoms with Crippen molar-refractivity contribution in [3.63, 3.8) is 0 Å². The largest absolute Gasteiger partial charge is 0.385 e. The Morgan fingerprint density at radius 1 is 1.11 bits per heavy atom. The molecule has 0 aromatic heterocycles. The van der Waals surface area contributed by atoms with Gasteiger partial charge >= 0.3 is 0 Å². The molecule has 5 heteroatoms. The Balaban J connectivity index is 1.64. The maximum atomic E-state index is 13.3. The molecule has 1 heterocycles. The third kappa shape index (κ3) is 5.96. The minimum absolute atomic E-state index is 0.00980. The zero-order valence-electron chi connectivity index (χ0n) is 21.4. The van der Waals surface area contributed by atoms with Crippen LogP contribution < -0.4 is 5.73 Å². The Bertz CT molecular complexity index is 976. The van der Waals surface area contributed by atoms with E-state index in [1.165, 1.54) is 5.56 Å². The molecule has 0 unspecified atom stereocenters. The lowest BCUT2D eigenvalue weighted by molar-refractivity contribution is -0.140. The molecule has 2 aromatic carbocycles. The van der Waals surface area contributed by atoms with E-state index in [9.17, 15) is 9.90 Å². The number of benzene rings is 2. The maximum absolute atomic E-state index is 13.3. The number of carbonyl (C=O) groups excluding carboxylic acids is 1. The third-order valence-electron chi connectivity index (χ3n) is 8.14. The molecule has 35 heavy (non-hydrogen) atoms. The second-order valence-corrected chi connectivity index (χ2v) is 10.7. The number of hydrogen-bond donors (Lipinski definition) is 2. The summed E-state index contributed by atoms with van der Waals surface area (Å²) in [7, 11) is 1.72. The SMILES string of the molecule is COCCCC[C@@](O)(c1ccccc1-c1ccc(C)cc1)[C@@H]1CCCN(C(=O)[C@@H]2CC[C@H](N)C2)C1. The Morgan fingerprint density at radius 3 is 2.60 bits per heavy atom. The fourth-order valence-electron chi connectivity index (χ4n) is 6.11. The summed E-state index contributed by atoms with van der Waals surface area (Å²) in [6.45, 7) is 4.16. The lowest BCUT2D eigenvalue weighted by atomic mass is 9.72. The molecule has 190 valence electrons. The van der Waals surface area contributed by atoms with E-state index in [4.69, 9.17) is 10.5 Å². The van der Waals surface area contributed by atoms with Gasteiger partial charge in [-0.05, 0) is 75.0 Å². The quantitative estimate of drug-likeness (QED) is 0.496. The summed E-state index contributed by atoms with van der Waals surface area (Å²) in [4.78, 5) is 15.4. The topological polar surface area (TPSA) is 75.8 Å². The summed E-state index contributed by atoms with van der Waals surface area (Å²) >= 11 is 0. The van der Waals surface area contributed by atoms with Gasteiger partial charge in [0.1, 0.15) is 0 Å². The van der Waals surface area contributed by atoms with Gasteiger partial charge in [-0.3, -0.25) is 4.79 Å². The normalized spacial score (nSPS) is 24.3. The number of unbranched alkanes of at least 4 members (excludes halogenated alkanes) is 1. The fraction of sp³-hybridized carbons (Fsp3) is 0.567. The minimum atomic E-state index is -1.01. The van der Waals surface area contributed by atoms with Crippen molar-refractivity contribution in [2.75, 3.05) is 26.8 Å². The number of piperidine rings is 1. The standard InChI is InChI=1S/C30H42N2O3/c1-22-11-13-23(14-12-22)27-9-3-4-10-28(27)30(34,17-5-6-19-35-2)25-8-7-18-32(21-25)29(33)24-15-16-26(31)20-24/h3-4,9-14,24-26,34H,5-8,15-21,31H2,1-2H3/t24-,25-,26+,30+/m1/s1. The molecule has 2 aliphatic rings. The average molecular weight is 479 g/mol. The molecule has 3 N–H and O–H groups in total. The molecule has 1 amide bonds. The highest BCUT2D eigenvalue weighted by Gasteiger charge is 2.43. The Hall–Kier alpha value is -2.21. The van der Waals surface area contributed by atoms with E-state index >= 15 is 0 Å². The van der Waals surface area contributed by atoms with Crippen LogP contribution in [0.5, 0.6) is 0 Å². The summed E-state index contributed by atoms with van der Waals surface area (Å²) < 4.78 is 5.28. The second kappa shape index (κ2) is 11.7. The second-order valence-electron chi connectivity index (χ2n) is 10.7. The van der Waals surface area contributed by atoms with Gasteiger partial charge in [0.05, 0.1) is 5.60 Å². The van der Waals surface area contributed by atoms with Crippen LogP contribution >= 0.6 is 0 Å². The van der Waals surface area contributed by atoms with E-state index in [1.807, 2.05) is 17.0 Å². The van der Waals surface area contributed by atoms with Crippen LogP contribution in [0, 0.1) is 18.8 Å². The number of ether oxygens (including phenoxy) is 1. The first-order valence-electron chi connectivity index (χ1n) is 13.3. The first kappa shape index (κ1) is 25.9. The zero-order valence-corrected chi connectivity index (χ0v) is 21.4. The lowest BCUT2D eigenvalue weighted by Crippen LogP contribution is -2.49. The van der Waals surface area contributed by atoms with Crippen LogP contribution in [0.25, 0.3) is 11.1 Å². The van der Waals surface area contributed by atoms with Gasteiger partial charge < -0.3 is 20.5 Å². The van der Waals surface area contributed by atoms with Crippen LogP contribution in [0.2, 0.25) is 0 Å². The van der Waals surface area contributed by atoms with Crippen LogP contribution in [0.1, 0.15) is 62.5 Å². The van der Waals surface area contributed by atoms with E-state index < -0.39 is 5.60 Å². The number of carbonyl (C=O) groups is 1. The summed E-state index contributed by atoms with van der Waals surface area (Å²) in [6.07, 6.45) is 6.87. The van der Waals surface area contributed by atoms with Crippen molar-refractivity contribution in [3.8, 4) is 11.1 Å². The molecule has 1 saturated carbocycles. The summed E-state index contributed by atoms with van der Waals surface area (Å²) in [5.74, 6) is 0.263. The highest BCUT2D eigenvalue weighted by Crippen LogP contribution is 2.44. The van der Waals surface area contributed by atoms with Gasteiger partial charge in [0.15, 0.2) is 0 Å². The predicted octanol–water partition coefficient (Wildman–Crippen LogP) is 5.03. The molecule has 2 fully saturated rings. The third-order valence-corrected chi connectivity index (χ3v) is 8.14. The molecule has 2 aromatic rings. The highest BCUT2D eigenvalue weighted by molar-refractivity contribution is 5.79. The monoisotopic (exact) mass is 478 g/mol. The highest BCUT2D eigenvalue weighted by atomic mass is 16.5. The van der Waals surface area contributed by atoms with Gasteiger partial charge in [-0.25, -0.2) is 0 Å². The Morgan fingerprint density at radius 2 is 1.89 bits per heavy atom. The average Bonchev–Trinajstić information content (AvgIpc) is 3.33. The van der Waals surface area contributed by atoms with E-state index in [1.54, 1.807) is 7.11 Å². The molecule has 4 rings (SSSR count). The number of aryl methyl sites for hydroxylation is 1. The van der Waals surface area contributed by atoms with Crippen LogP contribution in [0.3, 0.4) is 0 Å². The molecule has 1 saturated heterocycles. The van der Waals surface area contributed by atoms with E-state index in [0.717, 1.165) is 68.2 Å². The Kier molecular flexibility index (Phi) is 8.64. The molecule has 1 aliphatic carbocycles. The van der Waals surface area contributed by atoms with Gasteiger partial charge in [-0.15, -0.1) is 0 Å². The fourth-order valence-corrected chi connectivity index (χ4v) is 6.11. The zero-order chi connectivity index (χ0) is 24.8. The Labute approximate surface area is 210 Å². The molecule has 0 spiro atoms. The van der Waals surface area contributed by atoms with Gasteiger partial charge in [-0.2, -0.15) is 0 Å². The number of hydrogen-bond acceptors (Lipinski definition) is 4. The number of likely N-dealkylation sites (tertiary alicyclic amines) is 1. The van der Waals surface area contributed by atoms with Crippen molar-refractivity contribution in [2.45, 2.75) is 69.9 Å². The van der Waals surface area contributed by atoms with Gasteiger partial charge in [0.2, 0.25) is 5.91 Å². The number of methoxy groups -OCH3 is 1. The molecular formula is C30H42N2O3. The number of nitrogens with two attached hydrogens (primary N) is 1. The maximum Gasteiger partial charge on any atom is 0.225 e. The van der Waals surface area contributed by atoms with Crippen LogP contribution in [0.15, 0.2) is 48.5 Å². The van der Waals surface area contributed by atoms with Crippen molar-refractivity contribution in [2.24, 2.45) is 17.6 Å². The van der Waals surface area contributed by atoms with E-state index in [2.05, 4.69) is 43.3 Å². The smallest absolute Gasteiger partial charge is 0.225 e. The van der Waals surface area contributed by atoms with Gasteiger partial charge in [0.25, 0.3) is 0 Å². The van der Waals surface area contributed by atoms with Crippen LogP contribution in [-0.2, 0) is 15.1 Å². The van der Waals surface area contributed by atoms with Crippen molar-refractivity contribution in [1.29, 1.82) is 0 Å². The minimum Gasteiger partial charge on any atom is -0.385 e. The number of rotatable bonds is 9. The van der Waals surface area contributed by atoms with E-state index in [-0.39, 0.29) is 23.8 Å².